The average molecular weight is 325 g/mol. The first-order chi connectivity index (χ1) is 11.6. The highest BCUT2D eigenvalue weighted by atomic mass is 16.5. The number of aromatic nitrogens is 2. The quantitative estimate of drug-likeness (QED) is 0.755. The summed E-state index contributed by atoms with van der Waals surface area (Å²) >= 11 is 0. The second kappa shape index (κ2) is 6.62. The zero-order chi connectivity index (χ0) is 17.1. The highest BCUT2D eigenvalue weighted by Gasteiger charge is 2.18. The lowest BCUT2D eigenvalue weighted by atomic mass is 10.1. The fraction of sp³-hybridized carbons (Fsp3) is 0.222. The van der Waals surface area contributed by atoms with Gasteiger partial charge in [-0.2, -0.15) is 0 Å². The van der Waals surface area contributed by atoms with Gasteiger partial charge in [0.2, 0.25) is 0 Å². The van der Waals surface area contributed by atoms with Gasteiger partial charge in [0, 0.05) is 12.7 Å². The molecule has 1 amide bonds. The predicted molar refractivity (Wildman–Crippen MR) is 90.6 cm³/mol. The fourth-order valence-electron chi connectivity index (χ4n) is 2.66. The first kappa shape index (κ1) is 15.9. The Morgan fingerprint density at radius 1 is 1.29 bits per heavy atom. The number of nitrogens with zero attached hydrogens (tertiary/aromatic N) is 2. The third-order valence-corrected chi connectivity index (χ3v) is 3.86. The summed E-state index contributed by atoms with van der Waals surface area (Å²) in [4.78, 5) is 17.0. The number of hydrogen-bond donors (Lipinski definition) is 2. The Balaban J connectivity index is 1.74. The zero-order valence-corrected chi connectivity index (χ0v) is 13.6. The number of aromatic hydroxyl groups is 1. The van der Waals surface area contributed by atoms with E-state index in [2.05, 4.69) is 10.3 Å². The van der Waals surface area contributed by atoms with E-state index in [1.807, 2.05) is 24.3 Å². The number of hydrogen-bond acceptors (Lipinski definition) is 4. The number of phenols is 1. The van der Waals surface area contributed by atoms with Gasteiger partial charge in [0.05, 0.1) is 12.8 Å². The summed E-state index contributed by atoms with van der Waals surface area (Å²) in [6, 6.07) is 10.6. The van der Waals surface area contributed by atoms with E-state index in [1.165, 1.54) is 0 Å². The topological polar surface area (TPSA) is 75.9 Å². The highest BCUT2D eigenvalue weighted by molar-refractivity contribution is 5.95. The molecule has 0 atom stereocenters. The van der Waals surface area contributed by atoms with Gasteiger partial charge >= 0.3 is 0 Å². The number of benzene rings is 1. The van der Waals surface area contributed by atoms with Crippen molar-refractivity contribution in [1.82, 2.24) is 14.7 Å². The molecule has 0 unspecified atom stereocenters. The molecule has 0 fully saturated rings. The minimum atomic E-state index is -0.174. The Bertz CT molecular complexity index is 869. The maximum absolute atomic E-state index is 12.5. The number of pyridine rings is 1. The minimum absolute atomic E-state index is 0.174. The Kier molecular flexibility index (Phi) is 4.37. The second-order valence-electron chi connectivity index (χ2n) is 5.49. The lowest BCUT2D eigenvalue weighted by Gasteiger charge is -2.07. The fourth-order valence-corrected chi connectivity index (χ4v) is 2.66. The van der Waals surface area contributed by atoms with Crippen molar-refractivity contribution in [3.8, 4) is 11.5 Å². The van der Waals surface area contributed by atoms with Crippen LogP contribution in [0.25, 0.3) is 5.65 Å². The van der Waals surface area contributed by atoms with Crippen LogP contribution in [0.4, 0.5) is 0 Å². The SMILES string of the molecule is COc1cccn2c(C(=O)NCCc3ccc(O)cc3)c(C)nc12. The van der Waals surface area contributed by atoms with Crippen LogP contribution < -0.4 is 10.1 Å². The minimum Gasteiger partial charge on any atom is -0.508 e. The van der Waals surface area contributed by atoms with Crippen LogP contribution in [0.1, 0.15) is 21.7 Å². The van der Waals surface area contributed by atoms with Crippen molar-refractivity contribution in [3.63, 3.8) is 0 Å². The Morgan fingerprint density at radius 3 is 2.75 bits per heavy atom. The molecule has 0 aliphatic carbocycles. The van der Waals surface area contributed by atoms with Gasteiger partial charge in [-0.1, -0.05) is 12.1 Å². The molecule has 24 heavy (non-hydrogen) atoms. The van der Waals surface area contributed by atoms with Crippen LogP contribution in [0, 0.1) is 6.92 Å². The number of aryl methyl sites for hydroxylation is 1. The molecule has 0 radical (unpaired) electrons. The molecule has 6 nitrogen and oxygen atoms in total. The van der Waals surface area contributed by atoms with Crippen molar-refractivity contribution in [2.75, 3.05) is 13.7 Å². The summed E-state index contributed by atoms with van der Waals surface area (Å²) in [6.07, 6.45) is 2.48. The van der Waals surface area contributed by atoms with Crippen molar-refractivity contribution >= 4 is 11.6 Å². The highest BCUT2D eigenvalue weighted by Crippen LogP contribution is 2.21. The summed E-state index contributed by atoms with van der Waals surface area (Å²) in [5.41, 5.74) is 2.84. The third kappa shape index (κ3) is 3.03. The van der Waals surface area contributed by atoms with Crippen LogP contribution in [0.15, 0.2) is 42.6 Å². The molecular weight excluding hydrogens is 306 g/mol. The summed E-state index contributed by atoms with van der Waals surface area (Å²) in [5, 5.41) is 12.2. The van der Waals surface area contributed by atoms with Crippen molar-refractivity contribution in [2.24, 2.45) is 0 Å². The average Bonchev–Trinajstić information content (AvgIpc) is 2.92. The van der Waals surface area contributed by atoms with Gasteiger partial charge in [0.15, 0.2) is 11.4 Å². The molecular formula is C18H19N3O3. The normalized spacial score (nSPS) is 10.8. The van der Waals surface area contributed by atoms with E-state index in [0.717, 1.165) is 5.56 Å². The maximum atomic E-state index is 12.5. The first-order valence-electron chi connectivity index (χ1n) is 7.68. The number of amides is 1. The van der Waals surface area contributed by atoms with Crippen LogP contribution in [-0.2, 0) is 6.42 Å². The predicted octanol–water partition coefficient (Wildman–Crippen LogP) is 2.33. The number of phenolic OH excluding ortho intramolecular Hbond substituents is 1. The molecule has 2 N–H and O–H groups in total. The molecule has 1 aromatic carbocycles. The van der Waals surface area contributed by atoms with Crippen LogP contribution in [0.3, 0.4) is 0 Å². The molecule has 2 heterocycles. The molecule has 6 heteroatoms. The number of methoxy groups -OCH3 is 1. The van der Waals surface area contributed by atoms with E-state index in [0.29, 0.717) is 35.8 Å². The number of imidazole rings is 1. The summed E-state index contributed by atoms with van der Waals surface area (Å²) < 4.78 is 7.03. The Hall–Kier alpha value is -3.02. The Morgan fingerprint density at radius 2 is 2.04 bits per heavy atom. The third-order valence-electron chi connectivity index (χ3n) is 3.86. The number of carbonyl (C=O) groups is 1. The zero-order valence-electron chi connectivity index (χ0n) is 13.6. The number of rotatable bonds is 5. The lowest BCUT2D eigenvalue weighted by Crippen LogP contribution is -2.27. The van der Waals surface area contributed by atoms with Gasteiger partial charge in [0.1, 0.15) is 11.4 Å². The molecule has 3 aromatic rings. The molecule has 3 rings (SSSR count). The summed E-state index contributed by atoms with van der Waals surface area (Å²) in [6.45, 7) is 2.31. The van der Waals surface area contributed by atoms with E-state index < -0.39 is 0 Å². The maximum Gasteiger partial charge on any atom is 0.270 e. The molecule has 0 saturated heterocycles. The van der Waals surface area contributed by atoms with Crippen molar-refractivity contribution in [1.29, 1.82) is 0 Å². The van der Waals surface area contributed by atoms with Gasteiger partial charge in [-0.15, -0.1) is 0 Å². The smallest absolute Gasteiger partial charge is 0.270 e. The number of nitrogens with one attached hydrogen (secondary N) is 1. The number of ether oxygens (including phenoxy) is 1. The Labute approximate surface area is 139 Å². The standard InChI is InChI=1S/C18H19N3O3/c1-12-16(21-11-3-4-15(24-2)17(21)20-12)18(23)19-10-9-13-5-7-14(22)8-6-13/h3-8,11,22H,9-10H2,1-2H3,(H,19,23). The van der Waals surface area contributed by atoms with E-state index in [4.69, 9.17) is 4.74 Å². The van der Waals surface area contributed by atoms with E-state index in [9.17, 15) is 9.90 Å². The van der Waals surface area contributed by atoms with Gasteiger partial charge in [0.25, 0.3) is 5.91 Å². The van der Waals surface area contributed by atoms with Crippen molar-refractivity contribution in [3.05, 3.63) is 59.5 Å². The molecule has 0 bridgehead atoms. The van der Waals surface area contributed by atoms with Crippen molar-refractivity contribution in [2.45, 2.75) is 13.3 Å². The molecule has 0 spiro atoms. The summed E-state index contributed by atoms with van der Waals surface area (Å²) in [5.74, 6) is 0.689. The lowest BCUT2D eigenvalue weighted by molar-refractivity contribution is 0.0947. The number of carbonyl (C=O) groups excluding carboxylic acids is 1. The van der Waals surface area contributed by atoms with Crippen LogP contribution in [0.5, 0.6) is 11.5 Å². The van der Waals surface area contributed by atoms with Gasteiger partial charge < -0.3 is 15.2 Å². The first-order valence-corrected chi connectivity index (χ1v) is 7.68. The molecule has 0 saturated carbocycles. The van der Waals surface area contributed by atoms with Gasteiger partial charge in [-0.25, -0.2) is 4.98 Å². The van der Waals surface area contributed by atoms with E-state index >= 15 is 0 Å². The van der Waals surface area contributed by atoms with Crippen LogP contribution in [-0.4, -0.2) is 34.1 Å². The van der Waals surface area contributed by atoms with Crippen LogP contribution >= 0.6 is 0 Å². The monoisotopic (exact) mass is 325 g/mol. The molecule has 2 aromatic heterocycles. The van der Waals surface area contributed by atoms with Crippen LogP contribution in [0.2, 0.25) is 0 Å². The summed E-state index contributed by atoms with van der Waals surface area (Å²) in [7, 11) is 1.58. The van der Waals surface area contributed by atoms with E-state index in [1.54, 1.807) is 36.8 Å². The van der Waals surface area contributed by atoms with E-state index in [-0.39, 0.29) is 11.7 Å². The van der Waals surface area contributed by atoms with Gasteiger partial charge in [-0.3, -0.25) is 9.20 Å². The largest absolute Gasteiger partial charge is 0.508 e. The molecule has 0 aliphatic heterocycles. The molecule has 0 aliphatic rings. The molecule has 124 valence electrons. The second-order valence-corrected chi connectivity index (χ2v) is 5.49. The van der Waals surface area contributed by atoms with Gasteiger partial charge in [-0.05, 0) is 43.2 Å². The number of fused-ring (bicyclic) bond motifs is 1. The van der Waals surface area contributed by atoms with Crippen molar-refractivity contribution < 1.29 is 14.6 Å².